The number of hydrogen-bond acceptors (Lipinski definition) is 8. The van der Waals surface area contributed by atoms with Crippen LogP contribution >= 0.6 is 11.3 Å². The van der Waals surface area contributed by atoms with Gasteiger partial charge < -0.3 is 28.6 Å². The third kappa shape index (κ3) is 4.69. The van der Waals surface area contributed by atoms with Crippen LogP contribution in [0.5, 0.6) is 17.4 Å². The van der Waals surface area contributed by atoms with E-state index in [0.717, 1.165) is 77.9 Å². The molecule has 3 aromatic rings. The summed E-state index contributed by atoms with van der Waals surface area (Å²) in [6, 6.07) is 4.39. The number of aromatic nitrogens is 2. The zero-order chi connectivity index (χ0) is 24.1. The summed E-state index contributed by atoms with van der Waals surface area (Å²) >= 11 is 1.66. The lowest BCUT2D eigenvalue weighted by atomic mass is 10.1. The van der Waals surface area contributed by atoms with Crippen LogP contribution < -0.4 is 19.1 Å². The lowest BCUT2D eigenvalue weighted by Crippen LogP contribution is -2.40. The van der Waals surface area contributed by atoms with E-state index in [1.54, 1.807) is 32.7 Å². The van der Waals surface area contributed by atoms with E-state index in [0.29, 0.717) is 25.1 Å². The van der Waals surface area contributed by atoms with Crippen molar-refractivity contribution in [1.82, 2.24) is 9.61 Å². The highest BCUT2D eigenvalue weighted by molar-refractivity contribution is 7.16. The summed E-state index contributed by atoms with van der Waals surface area (Å²) in [4.78, 5) is 3.54. The molecular formula is C25H35N3O5S. The Kier molecular flexibility index (Phi) is 8.18. The van der Waals surface area contributed by atoms with E-state index < -0.39 is 0 Å². The average molecular weight is 490 g/mol. The lowest BCUT2D eigenvalue weighted by molar-refractivity contribution is 0.0843. The maximum atomic E-state index is 6.08. The number of fused-ring (bicyclic) bond motifs is 1. The Hall–Kier alpha value is -2.49. The normalized spacial score (nSPS) is 14.5. The highest BCUT2D eigenvalue weighted by atomic mass is 32.1. The molecule has 0 N–H and O–H groups in total. The van der Waals surface area contributed by atoms with Gasteiger partial charge in [-0.1, -0.05) is 6.92 Å². The third-order valence-corrected chi connectivity index (χ3v) is 7.03. The minimum absolute atomic E-state index is 0.406. The van der Waals surface area contributed by atoms with Crippen molar-refractivity contribution in [2.24, 2.45) is 0 Å². The first-order valence-electron chi connectivity index (χ1n) is 11.9. The van der Waals surface area contributed by atoms with Crippen molar-refractivity contribution in [1.29, 1.82) is 0 Å². The van der Waals surface area contributed by atoms with Crippen molar-refractivity contribution in [3.8, 4) is 28.6 Å². The Morgan fingerprint density at radius 1 is 1.12 bits per heavy atom. The maximum Gasteiger partial charge on any atom is 0.258 e. The van der Waals surface area contributed by atoms with Gasteiger partial charge in [-0.05, 0) is 43.9 Å². The van der Waals surface area contributed by atoms with Crippen LogP contribution in [0.4, 0.5) is 5.69 Å². The molecule has 1 fully saturated rings. The molecule has 1 aliphatic rings. The summed E-state index contributed by atoms with van der Waals surface area (Å²) in [6.45, 7) is 7.76. The highest BCUT2D eigenvalue weighted by Gasteiger charge is 2.30. The number of hydrogen-bond donors (Lipinski definition) is 0. The number of ether oxygens (including phenoxy) is 5. The van der Waals surface area contributed by atoms with Crippen LogP contribution in [0.15, 0.2) is 17.5 Å². The molecule has 0 radical (unpaired) electrons. The Bertz CT molecular complexity index is 1060. The molecule has 34 heavy (non-hydrogen) atoms. The number of thiazole rings is 1. The maximum absolute atomic E-state index is 6.08. The minimum atomic E-state index is 0.406. The van der Waals surface area contributed by atoms with Crippen LogP contribution in [-0.4, -0.2) is 63.4 Å². The number of rotatable bonds is 11. The SMILES string of the molecule is CCCN(c1c(OCC)nn2c(-c3c(OC)cc(COC)cc3OC)csc12)C1CCOCC1. The second kappa shape index (κ2) is 11.3. The van der Waals surface area contributed by atoms with Gasteiger partial charge in [0, 0.05) is 38.3 Å². The quantitative estimate of drug-likeness (QED) is 0.375. The van der Waals surface area contributed by atoms with Gasteiger partial charge in [-0.15, -0.1) is 16.4 Å². The molecule has 186 valence electrons. The van der Waals surface area contributed by atoms with E-state index in [9.17, 15) is 0 Å². The topological polar surface area (TPSA) is 66.7 Å². The molecule has 0 spiro atoms. The van der Waals surface area contributed by atoms with Crippen molar-refractivity contribution < 1.29 is 23.7 Å². The molecule has 4 rings (SSSR count). The molecule has 1 aliphatic heterocycles. The highest BCUT2D eigenvalue weighted by Crippen LogP contribution is 2.45. The largest absolute Gasteiger partial charge is 0.496 e. The van der Waals surface area contributed by atoms with Crippen molar-refractivity contribution in [2.75, 3.05) is 52.6 Å². The molecule has 3 heterocycles. The summed E-state index contributed by atoms with van der Waals surface area (Å²) in [5, 5.41) is 7.06. The van der Waals surface area contributed by atoms with Gasteiger partial charge in [0.2, 0.25) is 0 Å². The van der Waals surface area contributed by atoms with Gasteiger partial charge >= 0.3 is 0 Å². The molecule has 9 heteroatoms. The van der Waals surface area contributed by atoms with Crippen LogP contribution in [0.1, 0.15) is 38.7 Å². The molecule has 2 aromatic heterocycles. The Morgan fingerprint density at radius 2 is 1.82 bits per heavy atom. The summed E-state index contributed by atoms with van der Waals surface area (Å²) < 4.78 is 30.6. The fourth-order valence-electron chi connectivity index (χ4n) is 4.63. The molecule has 0 amide bonds. The standard InChI is InChI=1S/C25H35N3O5S/c1-6-10-27(18-8-11-32-12-9-18)23-24(33-7-2)26-28-19(16-34-25(23)28)22-20(30-4)13-17(15-29-3)14-21(22)31-5/h13-14,16,18H,6-12,15H2,1-5H3. The van der Waals surface area contributed by atoms with Crippen LogP contribution in [-0.2, 0) is 16.1 Å². The van der Waals surface area contributed by atoms with Crippen LogP contribution in [0.2, 0.25) is 0 Å². The van der Waals surface area contributed by atoms with Crippen molar-refractivity contribution >= 4 is 21.9 Å². The number of nitrogens with zero attached hydrogens (tertiary/aromatic N) is 3. The second-order valence-electron chi connectivity index (χ2n) is 8.27. The molecule has 1 aromatic carbocycles. The molecule has 0 saturated carbocycles. The Labute approximate surface area is 205 Å². The van der Waals surface area contributed by atoms with Gasteiger partial charge in [0.25, 0.3) is 5.88 Å². The summed E-state index contributed by atoms with van der Waals surface area (Å²) in [5.41, 5.74) is 3.83. The first-order valence-corrected chi connectivity index (χ1v) is 12.8. The molecule has 8 nitrogen and oxygen atoms in total. The van der Waals surface area contributed by atoms with E-state index in [4.69, 9.17) is 28.8 Å². The Morgan fingerprint density at radius 3 is 2.41 bits per heavy atom. The van der Waals surface area contributed by atoms with E-state index in [1.807, 2.05) is 23.6 Å². The van der Waals surface area contributed by atoms with Crippen LogP contribution in [0.25, 0.3) is 16.1 Å². The second-order valence-corrected chi connectivity index (χ2v) is 9.13. The van der Waals surface area contributed by atoms with Gasteiger partial charge in [-0.25, -0.2) is 4.52 Å². The van der Waals surface area contributed by atoms with E-state index in [2.05, 4.69) is 17.2 Å². The Balaban J connectivity index is 1.88. The fourth-order valence-corrected chi connectivity index (χ4v) is 5.63. The molecule has 0 atom stereocenters. The van der Waals surface area contributed by atoms with Gasteiger partial charge in [0.1, 0.15) is 22.0 Å². The summed E-state index contributed by atoms with van der Waals surface area (Å²) in [5.74, 6) is 2.11. The number of methoxy groups -OCH3 is 3. The number of benzene rings is 1. The lowest BCUT2D eigenvalue weighted by Gasteiger charge is -2.35. The van der Waals surface area contributed by atoms with Gasteiger partial charge in [-0.2, -0.15) is 0 Å². The van der Waals surface area contributed by atoms with E-state index >= 15 is 0 Å². The van der Waals surface area contributed by atoms with Crippen molar-refractivity contribution in [2.45, 2.75) is 45.8 Å². The van der Waals surface area contributed by atoms with Gasteiger partial charge in [0.05, 0.1) is 38.7 Å². The first-order chi connectivity index (χ1) is 16.7. The monoisotopic (exact) mass is 489 g/mol. The summed E-state index contributed by atoms with van der Waals surface area (Å²) in [6.07, 6.45) is 3.05. The summed E-state index contributed by atoms with van der Waals surface area (Å²) in [7, 11) is 5.02. The molecule has 0 unspecified atom stereocenters. The average Bonchev–Trinajstić information content (AvgIpc) is 3.42. The van der Waals surface area contributed by atoms with Crippen LogP contribution in [0.3, 0.4) is 0 Å². The third-order valence-electron chi connectivity index (χ3n) is 6.10. The minimum Gasteiger partial charge on any atom is -0.496 e. The van der Waals surface area contributed by atoms with Gasteiger partial charge in [-0.3, -0.25) is 0 Å². The van der Waals surface area contributed by atoms with E-state index in [1.165, 1.54) is 0 Å². The fraction of sp³-hybridized carbons (Fsp3) is 0.560. The molecule has 0 bridgehead atoms. The predicted molar refractivity (Wildman–Crippen MR) is 135 cm³/mol. The number of anilines is 1. The van der Waals surface area contributed by atoms with E-state index in [-0.39, 0.29) is 0 Å². The molecule has 0 aliphatic carbocycles. The molecule has 1 saturated heterocycles. The zero-order valence-electron chi connectivity index (χ0n) is 20.8. The smallest absolute Gasteiger partial charge is 0.258 e. The first kappa shape index (κ1) is 24.6. The van der Waals surface area contributed by atoms with Gasteiger partial charge in [0.15, 0.2) is 0 Å². The van der Waals surface area contributed by atoms with Crippen LogP contribution in [0, 0.1) is 0 Å². The predicted octanol–water partition coefficient (Wildman–Crippen LogP) is 5.02. The van der Waals surface area contributed by atoms with Crippen molar-refractivity contribution in [3.63, 3.8) is 0 Å². The van der Waals surface area contributed by atoms with Crippen molar-refractivity contribution in [3.05, 3.63) is 23.1 Å². The zero-order valence-corrected chi connectivity index (χ0v) is 21.6. The molecular weight excluding hydrogens is 454 g/mol.